The molecule has 0 fully saturated rings. The predicted molar refractivity (Wildman–Crippen MR) is 88.6 cm³/mol. The summed E-state index contributed by atoms with van der Waals surface area (Å²) in [6.45, 7) is 3.33. The third-order valence-corrected chi connectivity index (χ3v) is 4.95. The largest absolute Gasteiger partial charge is 0.478 e. The Balaban J connectivity index is 1.46. The molecule has 1 aliphatic heterocycles. The van der Waals surface area contributed by atoms with E-state index in [2.05, 4.69) is 25.3 Å². The number of carbonyl (C=O) groups is 1. The first-order valence-corrected chi connectivity index (χ1v) is 8.44. The fraction of sp³-hybridized carbons (Fsp3) is 0.250. The van der Waals surface area contributed by atoms with Crippen LogP contribution in [-0.4, -0.2) is 42.3 Å². The molecule has 1 N–H and O–H groups in total. The Kier molecular flexibility index (Phi) is 3.83. The van der Waals surface area contributed by atoms with Gasteiger partial charge in [-0.1, -0.05) is 12.1 Å². The van der Waals surface area contributed by atoms with Crippen molar-refractivity contribution in [3.63, 3.8) is 0 Å². The average Bonchev–Trinajstić information content (AvgIpc) is 3.24. The van der Waals surface area contributed by atoms with Crippen LogP contribution in [0, 0.1) is 0 Å². The fourth-order valence-electron chi connectivity index (χ4n) is 2.74. The Bertz CT molecular complexity index is 871. The molecule has 24 heavy (non-hydrogen) atoms. The molecular formula is C16H15N5O2S. The zero-order valence-corrected chi connectivity index (χ0v) is 13.6. The van der Waals surface area contributed by atoms with Gasteiger partial charge in [0.1, 0.15) is 17.2 Å². The lowest BCUT2D eigenvalue weighted by atomic mass is 10.1. The molecule has 0 aliphatic carbocycles. The van der Waals surface area contributed by atoms with Crippen molar-refractivity contribution in [3.05, 3.63) is 53.1 Å². The van der Waals surface area contributed by atoms with E-state index in [1.165, 1.54) is 0 Å². The van der Waals surface area contributed by atoms with Crippen LogP contribution < -0.4 is 0 Å². The lowest BCUT2D eigenvalue weighted by molar-refractivity contribution is 0.0697. The highest BCUT2D eigenvalue weighted by Gasteiger charge is 2.18. The van der Waals surface area contributed by atoms with E-state index >= 15 is 0 Å². The third kappa shape index (κ3) is 2.93. The molecule has 1 aliphatic rings. The maximum absolute atomic E-state index is 10.9. The van der Waals surface area contributed by atoms with Gasteiger partial charge >= 0.3 is 5.97 Å². The van der Waals surface area contributed by atoms with Crippen LogP contribution in [0.4, 0.5) is 0 Å². The van der Waals surface area contributed by atoms with Crippen molar-refractivity contribution in [2.75, 3.05) is 6.54 Å². The summed E-state index contributed by atoms with van der Waals surface area (Å²) in [4.78, 5) is 22.2. The van der Waals surface area contributed by atoms with Gasteiger partial charge in [0, 0.05) is 24.0 Å². The lowest BCUT2D eigenvalue weighted by Crippen LogP contribution is -2.33. The van der Waals surface area contributed by atoms with Crippen molar-refractivity contribution >= 4 is 17.3 Å². The third-order valence-electron chi connectivity index (χ3n) is 4.00. The van der Waals surface area contributed by atoms with Crippen molar-refractivity contribution < 1.29 is 9.90 Å². The Morgan fingerprint density at radius 1 is 1.25 bits per heavy atom. The molecule has 1 aromatic carbocycles. The van der Waals surface area contributed by atoms with Gasteiger partial charge < -0.3 is 5.11 Å². The van der Waals surface area contributed by atoms with Crippen LogP contribution in [0.25, 0.3) is 10.6 Å². The number of aromatic nitrogens is 4. The molecule has 0 unspecified atom stereocenters. The lowest BCUT2D eigenvalue weighted by Gasteiger charge is -2.25. The zero-order valence-electron chi connectivity index (χ0n) is 12.8. The van der Waals surface area contributed by atoms with Crippen LogP contribution >= 0.6 is 11.3 Å². The van der Waals surface area contributed by atoms with E-state index in [1.54, 1.807) is 41.9 Å². The highest BCUT2D eigenvalue weighted by molar-refractivity contribution is 7.13. The van der Waals surface area contributed by atoms with Crippen LogP contribution in [0.2, 0.25) is 0 Å². The summed E-state index contributed by atoms with van der Waals surface area (Å²) in [7, 11) is 0. The molecular weight excluding hydrogens is 326 g/mol. The number of thiazole rings is 1. The van der Waals surface area contributed by atoms with Gasteiger partial charge in [-0.2, -0.15) is 5.10 Å². The second-order valence-corrected chi connectivity index (χ2v) is 6.49. The van der Waals surface area contributed by atoms with Crippen LogP contribution in [0.15, 0.2) is 36.0 Å². The molecule has 0 radical (unpaired) electrons. The highest BCUT2D eigenvalue weighted by Crippen LogP contribution is 2.25. The second kappa shape index (κ2) is 6.14. The highest BCUT2D eigenvalue weighted by atomic mass is 32.1. The van der Waals surface area contributed by atoms with Crippen LogP contribution in [0.1, 0.15) is 21.9 Å². The summed E-state index contributed by atoms with van der Waals surface area (Å²) in [6, 6.07) is 6.82. The Labute approximate surface area is 142 Å². The first-order chi connectivity index (χ1) is 11.7. The number of benzene rings is 1. The fourth-order valence-corrected chi connectivity index (χ4v) is 3.56. The van der Waals surface area contributed by atoms with E-state index in [0.717, 1.165) is 48.3 Å². The summed E-state index contributed by atoms with van der Waals surface area (Å²) >= 11 is 1.57. The SMILES string of the molecule is O=C(O)c1ccc(-c2nc(CN3CCn4ncnc4C3)cs2)cc1. The number of hydrogen-bond acceptors (Lipinski definition) is 6. The number of carboxylic acid groups (broad SMARTS) is 1. The molecule has 0 atom stereocenters. The van der Waals surface area contributed by atoms with Crippen molar-refractivity contribution in [1.82, 2.24) is 24.6 Å². The van der Waals surface area contributed by atoms with E-state index in [4.69, 9.17) is 5.11 Å². The van der Waals surface area contributed by atoms with Gasteiger partial charge in [0.25, 0.3) is 0 Å². The van der Waals surface area contributed by atoms with Gasteiger partial charge in [-0.15, -0.1) is 11.3 Å². The minimum Gasteiger partial charge on any atom is -0.478 e. The Hall–Kier alpha value is -2.58. The molecule has 7 nitrogen and oxygen atoms in total. The number of aromatic carboxylic acids is 1. The molecule has 2 aromatic heterocycles. The standard InChI is InChI=1S/C16H15N5O2S/c22-16(23)12-3-1-11(2-4-12)15-19-13(9-24-15)7-20-5-6-21-14(8-20)17-10-18-21/h1-4,9-10H,5-8H2,(H,22,23). The molecule has 0 amide bonds. The minimum atomic E-state index is -0.917. The molecule has 8 heteroatoms. The minimum absolute atomic E-state index is 0.285. The molecule has 3 heterocycles. The second-order valence-electron chi connectivity index (χ2n) is 5.64. The van der Waals surface area contributed by atoms with E-state index < -0.39 is 5.97 Å². The van der Waals surface area contributed by atoms with Gasteiger partial charge in [-0.3, -0.25) is 4.90 Å². The topological polar surface area (TPSA) is 84.1 Å². The Morgan fingerprint density at radius 2 is 2.08 bits per heavy atom. The van der Waals surface area contributed by atoms with Crippen LogP contribution in [0.3, 0.4) is 0 Å². The summed E-state index contributed by atoms with van der Waals surface area (Å²) in [5, 5.41) is 16.1. The van der Waals surface area contributed by atoms with Crippen LogP contribution in [-0.2, 0) is 19.6 Å². The number of rotatable bonds is 4. The van der Waals surface area contributed by atoms with E-state index in [0.29, 0.717) is 0 Å². The Morgan fingerprint density at radius 3 is 2.88 bits per heavy atom. The number of fused-ring (bicyclic) bond motifs is 1. The molecule has 4 rings (SSSR count). The summed E-state index contributed by atoms with van der Waals surface area (Å²) in [5.74, 6) is 0.0697. The predicted octanol–water partition coefficient (Wildman–Crippen LogP) is 2.12. The van der Waals surface area contributed by atoms with E-state index in [-0.39, 0.29) is 5.56 Å². The van der Waals surface area contributed by atoms with Gasteiger partial charge in [0.15, 0.2) is 0 Å². The van der Waals surface area contributed by atoms with E-state index in [9.17, 15) is 4.79 Å². The molecule has 0 saturated heterocycles. The van der Waals surface area contributed by atoms with Gasteiger partial charge in [0.05, 0.1) is 24.3 Å². The average molecular weight is 341 g/mol. The van der Waals surface area contributed by atoms with Gasteiger partial charge in [-0.05, 0) is 12.1 Å². The molecule has 3 aromatic rings. The van der Waals surface area contributed by atoms with Crippen molar-refractivity contribution in [1.29, 1.82) is 0 Å². The molecule has 0 bridgehead atoms. The maximum Gasteiger partial charge on any atom is 0.335 e. The summed E-state index contributed by atoms with van der Waals surface area (Å²) in [5.41, 5.74) is 2.24. The van der Waals surface area contributed by atoms with Crippen molar-refractivity contribution in [3.8, 4) is 10.6 Å². The van der Waals surface area contributed by atoms with E-state index in [1.807, 2.05) is 4.68 Å². The van der Waals surface area contributed by atoms with Gasteiger partial charge in [0.2, 0.25) is 0 Å². The normalized spacial score (nSPS) is 14.5. The molecule has 0 spiro atoms. The maximum atomic E-state index is 10.9. The zero-order chi connectivity index (χ0) is 16.5. The quantitative estimate of drug-likeness (QED) is 0.782. The first-order valence-electron chi connectivity index (χ1n) is 7.56. The number of hydrogen-bond donors (Lipinski definition) is 1. The summed E-state index contributed by atoms with van der Waals surface area (Å²) in [6.07, 6.45) is 1.60. The monoisotopic (exact) mass is 341 g/mol. The van der Waals surface area contributed by atoms with Gasteiger partial charge in [-0.25, -0.2) is 19.4 Å². The summed E-state index contributed by atoms with van der Waals surface area (Å²) < 4.78 is 1.94. The van der Waals surface area contributed by atoms with Crippen molar-refractivity contribution in [2.24, 2.45) is 0 Å². The number of nitrogens with zero attached hydrogens (tertiary/aromatic N) is 5. The first kappa shape index (κ1) is 15.0. The molecule has 122 valence electrons. The number of carboxylic acids is 1. The smallest absolute Gasteiger partial charge is 0.335 e. The van der Waals surface area contributed by atoms with Crippen molar-refractivity contribution in [2.45, 2.75) is 19.6 Å². The van der Waals surface area contributed by atoms with Crippen LogP contribution in [0.5, 0.6) is 0 Å². The molecule has 0 saturated carbocycles.